The normalized spacial score (nSPS) is 14.8. The first-order chi connectivity index (χ1) is 16.9. The van der Waals surface area contributed by atoms with Gasteiger partial charge >= 0.3 is 0 Å². The maximum absolute atomic E-state index is 13.6. The van der Waals surface area contributed by atoms with E-state index < -0.39 is 0 Å². The molecule has 1 unspecified atom stereocenters. The van der Waals surface area contributed by atoms with Crippen molar-refractivity contribution in [3.63, 3.8) is 0 Å². The molecule has 2 aromatic carbocycles. The van der Waals surface area contributed by atoms with Gasteiger partial charge in [-0.1, -0.05) is 41.4 Å². The van der Waals surface area contributed by atoms with E-state index in [2.05, 4.69) is 12.6 Å². The van der Waals surface area contributed by atoms with E-state index in [4.69, 9.17) is 27.9 Å². The van der Waals surface area contributed by atoms with Crippen LogP contribution in [0.3, 0.4) is 0 Å². The molecule has 1 aliphatic rings. The van der Waals surface area contributed by atoms with Crippen molar-refractivity contribution in [1.29, 1.82) is 0 Å². The highest BCUT2D eigenvalue weighted by molar-refractivity contribution is 7.10. The second kappa shape index (κ2) is 11.3. The van der Waals surface area contributed by atoms with Crippen LogP contribution in [0, 0.1) is 6.92 Å². The zero-order chi connectivity index (χ0) is 24.9. The van der Waals surface area contributed by atoms with Gasteiger partial charge in [0.1, 0.15) is 18.9 Å². The number of nitrogens with zero attached hydrogens (tertiary/aromatic N) is 2. The number of amides is 2. The molecule has 3 aromatic rings. The second-order valence-electron chi connectivity index (χ2n) is 8.33. The van der Waals surface area contributed by atoms with Crippen LogP contribution in [-0.4, -0.2) is 47.9 Å². The molecule has 5 nitrogen and oxygen atoms in total. The van der Waals surface area contributed by atoms with E-state index in [1.807, 2.05) is 29.3 Å². The summed E-state index contributed by atoms with van der Waals surface area (Å²) in [6.45, 7) is 6.69. The number of halogens is 2. The average Bonchev–Trinajstić information content (AvgIpc) is 3.33. The molecule has 0 radical (unpaired) electrons. The molecule has 182 valence electrons. The van der Waals surface area contributed by atoms with E-state index in [-0.39, 0.29) is 30.9 Å². The topological polar surface area (TPSA) is 49.9 Å². The summed E-state index contributed by atoms with van der Waals surface area (Å²) >= 11 is 14.1. The van der Waals surface area contributed by atoms with Gasteiger partial charge in [0.2, 0.25) is 5.91 Å². The molecule has 35 heavy (non-hydrogen) atoms. The lowest BCUT2D eigenvalue weighted by atomic mass is 10.0. The molecule has 0 aliphatic carbocycles. The van der Waals surface area contributed by atoms with Crippen molar-refractivity contribution >= 4 is 46.4 Å². The fourth-order valence-corrected chi connectivity index (χ4v) is 5.45. The van der Waals surface area contributed by atoms with Gasteiger partial charge in [-0.15, -0.1) is 17.9 Å². The Labute approximate surface area is 219 Å². The fourth-order valence-electron chi connectivity index (χ4n) is 4.19. The zero-order valence-electron chi connectivity index (χ0n) is 19.4. The SMILES string of the molecule is C=CCN(CC(=O)N1CCc2sccc2C1COc1ccc(Cl)c(C)c1)C(=O)c1ccccc1Cl. The van der Waals surface area contributed by atoms with E-state index in [1.54, 1.807) is 47.7 Å². The predicted molar refractivity (Wildman–Crippen MR) is 142 cm³/mol. The molecule has 0 fully saturated rings. The van der Waals surface area contributed by atoms with Gasteiger partial charge in [-0.25, -0.2) is 0 Å². The third-order valence-corrected chi connectivity index (χ3v) is 7.77. The summed E-state index contributed by atoms with van der Waals surface area (Å²) in [7, 11) is 0. The number of rotatable bonds is 8. The molecule has 0 spiro atoms. The first kappa shape index (κ1) is 25.3. The van der Waals surface area contributed by atoms with Gasteiger partial charge in [0.05, 0.1) is 16.6 Å². The number of benzene rings is 2. The van der Waals surface area contributed by atoms with Crippen LogP contribution in [0.5, 0.6) is 5.75 Å². The Bertz CT molecular complexity index is 1240. The van der Waals surface area contributed by atoms with E-state index in [0.717, 1.165) is 17.5 Å². The van der Waals surface area contributed by atoms with Crippen molar-refractivity contribution in [2.45, 2.75) is 19.4 Å². The van der Waals surface area contributed by atoms with Crippen LogP contribution in [0.25, 0.3) is 0 Å². The Morgan fingerprint density at radius 2 is 2.00 bits per heavy atom. The molecular weight excluding hydrogens is 503 g/mol. The standard InChI is InChI=1S/C27H26Cl2N2O3S/c1-3-12-30(27(33)20-6-4-5-7-23(20)29)16-26(32)31-13-10-25-21(11-14-35-25)24(31)17-34-19-8-9-22(28)18(2)15-19/h3-9,11,14-15,24H,1,10,12-13,16-17H2,2H3. The molecule has 0 bridgehead atoms. The number of carbonyl (C=O) groups is 2. The van der Waals surface area contributed by atoms with Gasteiger partial charge in [-0.05, 0) is 66.2 Å². The summed E-state index contributed by atoms with van der Waals surface area (Å²) in [5.41, 5.74) is 2.38. The first-order valence-electron chi connectivity index (χ1n) is 11.3. The maximum Gasteiger partial charge on any atom is 0.256 e. The molecule has 2 amide bonds. The van der Waals surface area contributed by atoms with Crippen LogP contribution < -0.4 is 4.74 Å². The summed E-state index contributed by atoms with van der Waals surface area (Å²) in [6, 6.07) is 14.2. The molecule has 0 N–H and O–H groups in total. The van der Waals surface area contributed by atoms with Gasteiger partial charge in [0.15, 0.2) is 0 Å². The van der Waals surface area contributed by atoms with Crippen LogP contribution in [0.2, 0.25) is 10.0 Å². The van der Waals surface area contributed by atoms with Gasteiger partial charge in [-0.2, -0.15) is 0 Å². The lowest BCUT2D eigenvalue weighted by Crippen LogP contribution is -2.47. The van der Waals surface area contributed by atoms with E-state index in [0.29, 0.717) is 34.5 Å². The van der Waals surface area contributed by atoms with Crippen molar-refractivity contribution in [2.24, 2.45) is 0 Å². The summed E-state index contributed by atoms with van der Waals surface area (Å²) < 4.78 is 6.11. The highest BCUT2D eigenvalue weighted by Gasteiger charge is 2.33. The predicted octanol–water partition coefficient (Wildman–Crippen LogP) is 6.20. The Kier molecular flexibility index (Phi) is 8.16. The number of fused-ring (bicyclic) bond motifs is 1. The Hall–Kier alpha value is -2.80. The number of thiophene rings is 1. The van der Waals surface area contributed by atoms with Crippen LogP contribution in [0.4, 0.5) is 0 Å². The molecule has 2 heterocycles. The summed E-state index contributed by atoms with van der Waals surface area (Å²) in [5, 5.41) is 3.07. The monoisotopic (exact) mass is 528 g/mol. The molecule has 1 atom stereocenters. The van der Waals surface area contributed by atoms with Crippen molar-refractivity contribution in [1.82, 2.24) is 9.80 Å². The van der Waals surface area contributed by atoms with Crippen LogP contribution in [0.1, 0.15) is 32.4 Å². The highest BCUT2D eigenvalue weighted by Crippen LogP contribution is 2.34. The molecule has 0 saturated carbocycles. The van der Waals surface area contributed by atoms with E-state index in [9.17, 15) is 9.59 Å². The molecule has 1 aliphatic heterocycles. The van der Waals surface area contributed by atoms with Gasteiger partial charge < -0.3 is 14.5 Å². The minimum absolute atomic E-state index is 0.0773. The van der Waals surface area contributed by atoms with E-state index in [1.165, 1.54) is 9.78 Å². The molecule has 8 heteroatoms. The van der Waals surface area contributed by atoms with Crippen molar-refractivity contribution < 1.29 is 14.3 Å². The zero-order valence-corrected chi connectivity index (χ0v) is 21.7. The van der Waals surface area contributed by atoms with Gasteiger partial charge in [0.25, 0.3) is 5.91 Å². The smallest absolute Gasteiger partial charge is 0.256 e. The number of hydrogen-bond donors (Lipinski definition) is 0. The van der Waals surface area contributed by atoms with Crippen LogP contribution in [-0.2, 0) is 11.2 Å². The van der Waals surface area contributed by atoms with Gasteiger partial charge in [0, 0.05) is 23.0 Å². The number of ether oxygens (including phenoxy) is 1. The van der Waals surface area contributed by atoms with Crippen molar-refractivity contribution in [3.05, 3.63) is 98.2 Å². The third kappa shape index (κ3) is 5.72. The number of hydrogen-bond acceptors (Lipinski definition) is 4. The average molecular weight is 529 g/mol. The Balaban J connectivity index is 1.54. The highest BCUT2D eigenvalue weighted by atomic mass is 35.5. The maximum atomic E-state index is 13.6. The van der Waals surface area contributed by atoms with Crippen LogP contribution >= 0.6 is 34.5 Å². The molecule has 0 saturated heterocycles. The van der Waals surface area contributed by atoms with Crippen molar-refractivity contribution in [3.8, 4) is 5.75 Å². The Morgan fingerprint density at radius 3 is 2.74 bits per heavy atom. The number of aryl methyl sites for hydroxylation is 1. The lowest BCUT2D eigenvalue weighted by Gasteiger charge is -2.37. The largest absolute Gasteiger partial charge is 0.491 e. The quantitative estimate of drug-likeness (QED) is 0.327. The summed E-state index contributed by atoms with van der Waals surface area (Å²) in [5.74, 6) is 0.246. The number of carbonyl (C=O) groups excluding carboxylic acids is 2. The van der Waals surface area contributed by atoms with Crippen LogP contribution in [0.15, 0.2) is 66.6 Å². The minimum atomic E-state index is -0.304. The minimum Gasteiger partial charge on any atom is -0.491 e. The van der Waals surface area contributed by atoms with Crippen molar-refractivity contribution in [2.75, 3.05) is 26.2 Å². The first-order valence-corrected chi connectivity index (χ1v) is 12.9. The molecule has 4 rings (SSSR count). The fraction of sp³-hybridized carbons (Fsp3) is 0.259. The lowest BCUT2D eigenvalue weighted by molar-refractivity contribution is -0.135. The van der Waals surface area contributed by atoms with Gasteiger partial charge in [-0.3, -0.25) is 9.59 Å². The molecule has 1 aromatic heterocycles. The Morgan fingerprint density at radius 1 is 1.20 bits per heavy atom. The molecular formula is C27H26Cl2N2O3S. The van der Waals surface area contributed by atoms with E-state index >= 15 is 0 Å². The second-order valence-corrected chi connectivity index (χ2v) is 10.1. The summed E-state index contributed by atoms with van der Waals surface area (Å²) in [4.78, 5) is 31.3. The third-order valence-electron chi connectivity index (χ3n) is 6.02. The summed E-state index contributed by atoms with van der Waals surface area (Å²) in [6.07, 6.45) is 2.38.